The van der Waals surface area contributed by atoms with Gasteiger partial charge in [-0.2, -0.15) is 15.0 Å². The molecule has 0 aliphatic carbocycles. The molecule has 0 spiro atoms. The molecule has 6 heteroatoms. The van der Waals surface area contributed by atoms with Crippen molar-refractivity contribution in [2.45, 2.75) is 6.54 Å². The van der Waals surface area contributed by atoms with Gasteiger partial charge in [-0.05, 0) is 30.3 Å². The second kappa shape index (κ2) is 5.93. The van der Waals surface area contributed by atoms with Crippen molar-refractivity contribution in [1.29, 1.82) is 0 Å². The number of hydrogen-bond donors (Lipinski definition) is 1. The maximum Gasteiger partial charge on any atom is 0.126 e. The van der Waals surface area contributed by atoms with Crippen LogP contribution in [-0.4, -0.2) is 15.0 Å². The Labute approximate surface area is 126 Å². The van der Waals surface area contributed by atoms with Gasteiger partial charge in [0.1, 0.15) is 11.5 Å². The minimum atomic E-state index is -0.377. The zero-order valence-corrected chi connectivity index (χ0v) is 11.8. The number of rotatable bonds is 4. The smallest absolute Gasteiger partial charge is 0.126 e. The lowest BCUT2D eigenvalue weighted by Gasteiger charge is -2.04. The van der Waals surface area contributed by atoms with Crippen LogP contribution in [0.3, 0.4) is 0 Å². The van der Waals surface area contributed by atoms with Gasteiger partial charge in [-0.25, -0.2) is 4.39 Å². The molecule has 3 aromatic rings. The molecular weight excluding hydrogens is 291 g/mol. The third-order valence-electron chi connectivity index (χ3n) is 2.86. The molecule has 0 fully saturated rings. The summed E-state index contributed by atoms with van der Waals surface area (Å²) in [7, 11) is 0. The van der Waals surface area contributed by atoms with Crippen molar-refractivity contribution in [2.24, 2.45) is 0 Å². The maximum atomic E-state index is 13.2. The van der Waals surface area contributed by atoms with E-state index >= 15 is 0 Å². The summed E-state index contributed by atoms with van der Waals surface area (Å²) in [5.74, 6) is -0.377. The van der Waals surface area contributed by atoms with Crippen molar-refractivity contribution in [3.63, 3.8) is 0 Å². The molecule has 3 rings (SSSR count). The Morgan fingerprint density at radius 1 is 1.14 bits per heavy atom. The summed E-state index contributed by atoms with van der Waals surface area (Å²) in [6.45, 7) is 0.437. The van der Waals surface area contributed by atoms with Gasteiger partial charge in [0.2, 0.25) is 0 Å². The van der Waals surface area contributed by atoms with Crippen molar-refractivity contribution in [1.82, 2.24) is 15.0 Å². The van der Waals surface area contributed by atoms with E-state index in [0.717, 1.165) is 11.4 Å². The second-order valence-corrected chi connectivity index (χ2v) is 4.91. The second-order valence-electron chi connectivity index (χ2n) is 4.47. The normalized spacial score (nSPS) is 10.6. The molecule has 0 aliphatic rings. The fourth-order valence-corrected chi connectivity index (χ4v) is 2.13. The molecule has 0 atom stereocenters. The molecule has 21 heavy (non-hydrogen) atoms. The van der Waals surface area contributed by atoms with Crippen LogP contribution < -0.4 is 5.32 Å². The van der Waals surface area contributed by atoms with Gasteiger partial charge in [-0.3, -0.25) is 0 Å². The van der Waals surface area contributed by atoms with Crippen LogP contribution in [0.2, 0.25) is 5.02 Å². The van der Waals surface area contributed by atoms with E-state index in [-0.39, 0.29) is 5.82 Å². The fraction of sp³-hybridized carbons (Fsp3) is 0.0667. The molecule has 1 N–H and O–H groups in total. The summed E-state index contributed by atoms with van der Waals surface area (Å²) >= 11 is 5.80. The molecule has 4 nitrogen and oxygen atoms in total. The third kappa shape index (κ3) is 3.38. The number of nitrogens with zero attached hydrogens (tertiary/aromatic N) is 3. The van der Waals surface area contributed by atoms with Gasteiger partial charge in [0.05, 0.1) is 18.4 Å². The Morgan fingerprint density at radius 2 is 1.95 bits per heavy atom. The summed E-state index contributed by atoms with van der Waals surface area (Å²) in [4.78, 5) is 1.55. The van der Waals surface area contributed by atoms with E-state index in [2.05, 4.69) is 15.5 Å². The number of anilines is 1. The number of hydrogen-bond acceptors (Lipinski definition) is 3. The highest BCUT2D eigenvalue weighted by Gasteiger charge is 2.04. The highest BCUT2D eigenvalue weighted by molar-refractivity contribution is 6.30. The average Bonchev–Trinajstić information content (AvgIpc) is 2.94. The maximum absolute atomic E-state index is 13.2. The van der Waals surface area contributed by atoms with E-state index in [1.54, 1.807) is 17.1 Å². The first-order chi connectivity index (χ1) is 10.2. The molecule has 106 valence electrons. The fourth-order valence-electron chi connectivity index (χ4n) is 1.91. The molecular formula is C15H12ClFN4. The molecule has 2 aromatic carbocycles. The summed E-state index contributed by atoms with van der Waals surface area (Å²) in [6.07, 6.45) is 1.67. The highest BCUT2D eigenvalue weighted by atomic mass is 35.5. The molecule has 0 saturated carbocycles. The minimum absolute atomic E-state index is 0.352. The largest absolute Gasteiger partial charge is 0.379 e. The number of para-hydroxylation sites is 1. The topological polar surface area (TPSA) is 42.7 Å². The van der Waals surface area contributed by atoms with Crippen LogP contribution in [0.15, 0.2) is 54.7 Å². The molecule has 1 aromatic heterocycles. The third-order valence-corrected chi connectivity index (χ3v) is 3.08. The van der Waals surface area contributed by atoms with E-state index in [4.69, 9.17) is 11.6 Å². The first kappa shape index (κ1) is 13.6. The van der Waals surface area contributed by atoms with Crippen molar-refractivity contribution in [3.8, 4) is 5.69 Å². The molecule has 0 bridgehead atoms. The Balaban J connectivity index is 1.70. The standard InChI is InChI=1S/C15H12ClFN4/c16-11-6-12(17)8-13(7-11)18-9-14-10-19-21(20-14)15-4-2-1-3-5-15/h1-8,10,18H,9H2. The Hall–Kier alpha value is -2.40. The van der Waals surface area contributed by atoms with Crippen molar-refractivity contribution >= 4 is 17.3 Å². The first-order valence-electron chi connectivity index (χ1n) is 6.37. The number of benzene rings is 2. The molecule has 0 aliphatic heterocycles. The van der Waals surface area contributed by atoms with Crippen molar-refractivity contribution in [2.75, 3.05) is 5.32 Å². The van der Waals surface area contributed by atoms with Crippen LogP contribution in [0.25, 0.3) is 5.69 Å². The van der Waals surface area contributed by atoms with Crippen LogP contribution in [0.5, 0.6) is 0 Å². The Morgan fingerprint density at radius 3 is 2.71 bits per heavy atom. The molecule has 0 saturated heterocycles. The van der Waals surface area contributed by atoms with Gasteiger partial charge < -0.3 is 5.32 Å². The van der Waals surface area contributed by atoms with Gasteiger partial charge in [0.15, 0.2) is 0 Å². The number of nitrogens with one attached hydrogen (secondary N) is 1. The zero-order chi connectivity index (χ0) is 14.7. The van der Waals surface area contributed by atoms with E-state index in [9.17, 15) is 4.39 Å². The lowest BCUT2D eigenvalue weighted by Crippen LogP contribution is -2.03. The Kier molecular flexibility index (Phi) is 3.83. The molecule has 0 radical (unpaired) electrons. The monoisotopic (exact) mass is 302 g/mol. The number of aromatic nitrogens is 3. The molecule has 1 heterocycles. The van der Waals surface area contributed by atoms with Crippen LogP contribution in [0, 0.1) is 5.82 Å². The van der Waals surface area contributed by atoms with E-state index in [1.807, 2.05) is 30.3 Å². The summed E-state index contributed by atoms with van der Waals surface area (Å²) < 4.78 is 13.2. The van der Waals surface area contributed by atoms with Gasteiger partial charge in [-0.15, -0.1) is 0 Å². The SMILES string of the molecule is Fc1cc(Cl)cc(NCc2cnn(-c3ccccc3)n2)c1. The quantitative estimate of drug-likeness (QED) is 0.799. The molecule has 0 amide bonds. The lowest BCUT2D eigenvalue weighted by molar-refractivity contribution is 0.628. The summed E-state index contributed by atoms with van der Waals surface area (Å²) in [6, 6.07) is 13.9. The van der Waals surface area contributed by atoms with Gasteiger partial charge in [-0.1, -0.05) is 29.8 Å². The van der Waals surface area contributed by atoms with Gasteiger partial charge in [0.25, 0.3) is 0 Å². The van der Waals surface area contributed by atoms with E-state index < -0.39 is 0 Å². The van der Waals surface area contributed by atoms with E-state index in [1.165, 1.54) is 12.1 Å². The van der Waals surface area contributed by atoms with Gasteiger partial charge in [0, 0.05) is 10.7 Å². The summed E-state index contributed by atoms with van der Waals surface area (Å²) in [5, 5.41) is 12.0. The van der Waals surface area contributed by atoms with E-state index in [0.29, 0.717) is 17.3 Å². The molecule has 0 unspecified atom stereocenters. The predicted molar refractivity (Wildman–Crippen MR) is 80.1 cm³/mol. The van der Waals surface area contributed by atoms with Gasteiger partial charge >= 0.3 is 0 Å². The van der Waals surface area contributed by atoms with Crippen molar-refractivity contribution in [3.05, 3.63) is 71.3 Å². The lowest BCUT2D eigenvalue weighted by atomic mass is 10.3. The van der Waals surface area contributed by atoms with Crippen LogP contribution in [-0.2, 0) is 6.54 Å². The summed E-state index contributed by atoms with van der Waals surface area (Å²) in [5.41, 5.74) is 2.24. The number of halogens is 2. The van der Waals surface area contributed by atoms with Crippen molar-refractivity contribution < 1.29 is 4.39 Å². The zero-order valence-electron chi connectivity index (χ0n) is 11.0. The average molecular weight is 303 g/mol. The predicted octanol–water partition coefficient (Wildman–Crippen LogP) is 3.67. The minimum Gasteiger partial charge on any atom is -0.379 e. The van der Waals surface area contributed by atoms with Crippen LogP contribution in [0.1, 0.15) is 5.69 Å². The van der Waals surface area contributed by atoms with Crippen LogP contribution in [0.4, 0.5) is 10.1 Å². The highest BCUT2D eigenvalue weighted by Crippen LogP contribution is 2.18. The first-order valence-corrected chi connectivity index (χ1v) is 6.75. The Bertz CT molecular complexity index is 722. The van der Waals surface area contributed by atoms with Crippen LogP contribution >= 0.6 is 11.6 Å².